The summed E-state index contributed by atoms with van der Waals surface area (Å²) >= 11 is 0. The fourth-order valence-corrected chi connectivity index (χ4v) is 3.87. The second-order valence-corrected chi connectivity index (χ2v) is 7.32. The molecule has 5 rings (SSSR count). The van der Waals surface area contributed by atoms with Gasteiger partial charge in [-0.2, -0.15) is 0 Å². The van der Waals surface area contributed by atoms with Crippen molar-refractivity contribution in [2.24, 2.45) is 0 Å². The first-order chi connectivity index (χ1) is 14.7. The third kappa shape index (κ3) is 3.43. The first-order valence-electron chi connectivity index (χ1n) is 10.0. The first kappa shape index (κ1) is 18.7. The number of benzene rings is 2. The van der Waals surface area contributed by atoms with Crippen LogP contribution in [0.5, 0.6) is 17.2 Å². The minimum absolute atomic E-state index is 0.109. The highest BCUT2D eigenvalue weighted by Gasteiger charge is 2.40. The molecular formula is C22H22N2O6. The fourth-order valence-electron chi connectivity index (χ4n) is 3.87. The highest BCUT2D eigenvalue weighted by molar-refractivity contribution is 6.00. The SMILES string of the molecule is O=C([C@H]1CN(C(=O)[C@H]2COc3ccccc3O2)c2ccccc2O1)N1CCOCC1. The molecule has 0 spiro atoms. The number of morpholine rings is 1. The Morgan fingerprint density at radius 3 is 2.27 bits per heavy atom. The average Bonchev–Trinajstić information content (AvgIpc) is 2.82. The van der Waals surface area contributed by atoms with Crippen LogP contribution in [-0.2, 0) is 14.3 Å². The fraction of sp³-hybridized carbons (Fsp3) is 0.364. The summed E-state index contributed by atoms with van der Waals surface area (Å²) in [5, 5.41) is 0. The predicted molar refractivity (Wildman–Crippen MR) is 107 cm³/mol. The minimum atomic E-state index is -0.801. The number of ether oxygens (including phenoxy) is 4. The third-order valence-electron chi connectivity index (χ3n) is 5.42. The molecule has 8 heteroatoms. The molecule has 8 nitrogen and oxygen atoms in total. The van der Waals surface area contributed by atoms with Gasteiger partial charge in [-0.1, -0.05) is 24.3 Å². The monoisotopic (exact) mass is 410 g/mol. The molecule has 0 N–H and O–H groups in total. The maximum atomic E-state index is 13.4. The Morgan fingerprint density at radius 2 is 1.47 bits per heavy atom. The Kier molecular flexibility index (Phi) is 4.92. The van der Waals surface area contributed by atoms with Crippen LogP contribution in [0, 0.1) is 0 Å². The molecule has 0 bridgehead atoms. The van der Waals surface area contributed by atoms with Crippen LogP contribution in [-0.4, -0.2) is 68.4 Å². The summed E-state index contributed by atoms with van der Waals surface area (Å²) in [5.41, 5.74) is 0.621. The van der Waals surface area contributed by atoms with E-state index < -0.39 is 12.2 Å². The number of nitrogens with zero attached hydrogens (tertiary/aromatic N) is 2. The lowest BCUT2D eigenvalue weighted by atomic mass is 10.1. The van der Waals surface area contributed by atoms with E-state index in [1.807, 2.05) is 24.3 Å². The molecule has 0 saturated carbocycles. The summed E-state index contributed by atoms with van der Waals surface area (Å²) < 4.78 is 22.9. The van der Waals surface area contributed by atoms with E-state index in [-0.39, 0.29) is 25.0 Å². The van der Waals surface area contributed by atoms with Gasteiger partial charge in [-0.3, -0.25) is 9.59 Å². The summed E-state index contributed by atoms with van der Waals surface area (Å²) in [7, 11) is 0. The Hall–Kier alpha value is -3.26. The van der Waals surface area contributed by atoms with Crippen molar-refractivity contribution in [3.8, 4) is 17.2 Å². The zero-order chi connectivity index (χ0) is 20.5. The summed E-state index contributed by atoms with van der Waals surface area (Å²) in [4.78, 5) is 29.7. The summed E-state index contributed by atoms with van der Waals surface area (Å²) in [5.74, 6) is 1.24. The van der Waals surface area contributed by atoms with Gasteiger partial charge in [0.1, 0.15) is 12.4 Å². The maximum absolute atomic E-state index is 13.4. The lowest BCUT2D eigenvalue weighted by Crippen LogP contribution is -2.56. The van der Waals surface area contributed by atoms with Gasteiger partial charge in [0.15, 0.2) is 17.6 Å². The number of carbonyl (C=O) groups is 2. The van der Waals surface area contributed by atoms with Crippen molar-refractivity contribution in [1.29, 1.82) is 0 Å². The quantitative estimate of drug-likeness (QED) is 0.747. The van der Waals surface area contributed by atoms with Crippen molar-refractivity contribution < 1.29 is 28.5 Å². The van der Waals surface area contributed by atoms with Gasteiger partial charge in [0.25, 0.3) is 11.8 Å². The van der Waals surface area contributed by atoms with E-state index in [9.17, 15) is 9.59 Å². The van der Waals surface area contributed by atoms with Gasteiger partial charge in [0.2, 0.25) is 6.10 Å². The molecule has 2 aromatic rings. The predicted octanol–water partition coefficient (Wildman–Crippen LogP) is 1.48. The lowest BCUT2D eigenvalue weighted by Gasteiger charge is -2.38. The molecule has 2 amide bonds. The van der Waals surface area contributed by atoms with Crippen LogP contribution in [0.15, 0.2) is 48.5 Å². The van der Waals surface area contributed by atoms with Crippen LogP contribution in [0.25, 0.3) is 0 Å². The van der Waals surface area contributed by atoms with E-state index in [4.69, 9.17) is 18.9 Å². The summed E-state index contributed by atoms with van der Waals surface area (Å²) in [6.45, 7) is 2.27. The van der Waals surface area contributed by atoms with Crippen molar-refractivity contribution >= 4 is 17.5 Å². The van der Waals surface area contributed by atoms with Crippen molar-refractivity contribution in [3.63, 3.8) is 0 Å². The van der Waals surface area contributed by atoms with Gasteiger partial charge < -0.3 is 28.7 Å². The van der Waals surface area contributed by atoms with Gasteiger partial charge in [-0.15, -0.1) is 0 Å². The van der Waals surface area contributed by atoms with Crippen LogP contribution in [0.2, 0.25) is 0 Å². The van der Waals surface area contributed by atoms with Gasteiger partial charge >= 0.3 is 0 Å². The van der Waals surface area contributed by atoms with E-state index in [0.717, 1.165) is 0 Å². The zero-order valence-corrected chi connectivity index (χ0v) is 16.4. The number of fused-ring (bicyclic) bond motifs is 2. The molecule has 3 aliphatic heterocycles. The number of rotatable bonds is 2. The molecule has 1 fully saturated rings. The number of para-hydroxylation sites is 4. The van der Waals surface area contributed by atoms with Gasteiger partial charge in [0.05, 0.1) is 25.4 Å². The summed E-state index contributed by atoms with van der Waals surface area (Å²) in [6, 6.07) is 14.5. The number of amides is 2. The smallest absolute Gasteiger partial charge is 0.271 e. The van der Waals surface area contributed by atoms with E-state index in [1.165, 1.54) is 0 Å². The number of hydrogen-bond donors (Lipinski definition) is 0. The van der Waals surface area contributed by atoms with E-state index in [0.29, 0.717) is 49.2 Å². The molecule has 2 atom stereocenters. The molecule has 0 unspecified atom stereocenters. The Balaban J connectivity index is 1.39. The van der Waals surface area contributed by atoms with Crippen LogP contribution in [0.1, 0.15) is 0 Å². The molecule has 0 radical (unpaired) electrons. The molecular weight excluding hydrogens is 388 g/mol. The van der Waals surface area contributed by atoms with Crippen LogP contribution < -0.4 is 19.1 Å². The number of anilines is 1. The zero-order valence-electron chi connectivity index (χ0n) is 16.4. The van der Waals surface area contributed by atoms with Crippen molar-refractivity contribution in [1.82, 2.24) is 4.90 Å². The lowest BCUT2D eigenvalue weighted by molar-refractivity contribution is -0.143. The van der Waals surface area contributed by atoms with E-state index in [2.05, 4.69) is 0 Å². The molecule has 0 aliphatic carbocycles. The first-order valence-corrected chi connectivity index (χ1v) is 10.0. The molecule has 3 aliphatic rings. The van der Waals surface area contributed by atoms with Crippen molar-refractivity contribution in [2.45, 2.75) is 12.2 Å². The standard InChI is InChI=1S/C22H22N2O6/c25-21(23-9-11-27-12-10-23)19-13-24(15-5-1-2-6-16(15)29-19)22(26)20-14-28-17-7-3-4-8-18(17)30-20/h1-8,19-20H,9-14H2/t19-,20-/m1/s1. The number of carbonyl (C=O) groups excluding carboxylic acids is 2. The molecule has 1 saturated heterocycles. The average molecular weight is 410 g/mol. The Labute approximate surface area is 173 Å². The topological polar surface area (TPSA) is 77.5 Å². The second kappa shape index (κ2) is 7.87. The molecule has 156 valence electrons. The van der Waals surface area contributed by atoms with Crippen molar-refractivity contribution in [2.75, 3.05) is 44.4 Å². The Bertz CT molecular complexity index is 958. The molecule has 0 aromatic heterocycles. The highest BCUT2D eigenvalue weighted by atomic mass is 16.6. The Morgan fingerprint density at radius 1 is 0.800 bits per heavy atom. The van der Waals surface area contributed by atoms with Gasteiger partial charge in [0, 0.05) is 13.1 Å². The van der Waals surface area contributed by atoms with Crippen LogP contribution in [0.3, 0.4) is 0 Å². The van der Waals surface area contributed by atoms with Gasteiger partial charge in [-0.25, -0.2) is 0 Å². The minimum Gasteiger partial charge on any atom is -0.485 e. The maximum Gasteiger partial charge on any atom is 0.271 e. The second-order valence-electron chi connectivity index (χ2n) is 7.32. The number of hydrogen-bond acceptors (Lipinski definition) is 6. The molecule has 30 heavy (non-hydrogen) atoms. The molecule has 2 aromatic carbocycles. The third-order valence-corrected chi connectivity index (χ3v) is 5.42. The largest absolute Gasteiger partial charge is 0.485 e. The van der Waals surface area contributed by atoms with Gasteiger partial charge in [-0.05, 0) is 24.3 Å². The van der Waals surface area contributed by atoms with E-state index in [1.54, 1.807) is 34.1 Å². The summed E-state index contributed by atoms with van der Waals surface area (Å²) in [6.07, 6.45) is -1.58. The van der Waals surface area contributed by atoms with Crippen molar-refractivity contribution in [3.05, 3.63) is 48.5 Å². The highest BCUT2D eigenvalue weighted by Crippen LogP contribution is 2.36. The van der Waals surface area contributed by atoms with Crippen LogP contribution in [0.4, 0.5) is 5.69 Å². The van der Waals surface area contributed by atoms with E-state index >= 15 is 0 Å². The molecule has 3 heterocycles. The normalized spacial score (nSPS) is 22.7. The van der Waals surface area contributed by atoms with Crippen LogP contribution >= 0.6 is 0 Å².